The van der Waals surface area contributed by atoms with Gasteiger partial charge in [0.05, 0.1) is 18.8 Å². The molecule has 106 valence electrons. The summed E-state index contributed by atoms with van der Waals surface area (Å²) < 4.78 is 7.62. The molecule has 1 fully saturated rings. The van der Waals surface area contributed by atoms with E-state index in [9.17, 15) is 0 Å². The summed E-state index contributed by atoms with van der Waals surface area (Å²) in [5.74, 6) is 0.672. The van der Waals surface area contributed by atoms with E-state index < -0.39 is 0 Å². The van der Waals surface area contributed by atoms with Gasteiger partial charge < -0.3 is 4.74 Å². The molecule has 0 radical (unpaired) electrons. The highest BCUT2D eigenvalue weighted by molar-refractivity contribution is 6.31. The van der Waals surface area contributed by atoms with E-state index >= 15 is 0 Å². The van der Waals surface area contributed by atoms with Gasteiger partial charge in [-0.25, -0.2) is 4.68 Å². The molecule has 1 aromatic heterocycles. The van der Waals surface area contributed by atoms with E-state index in [4.69, 9.17) is 27.9 Å². The number of benzene rings is 1. The van der Waals surface area contributed by atoms with Gasteiger partial charge in [-0.15, -0.1) is 0 Å². The molecule has 1 aliphatic carbocycles. The number of nitrogens with zero attached hydrogens (tertiary/aromatic N) is 2. The molecule has 3 nitrogen and oxygen atoms in total. The van der Waals surface area contributed by atoms with E-state index in [-0.39, 0.29) is 6.10 Å². The quantitative estimate of drug-likeness (QED) is 0.827. The molecule has 0 amide bonds. The lowest BCUT2D eigenvalue weighted by Gasteiger charge is -2.11. The van der Waals surface area contributed by atoms with Crippen molar-refractivity contribution in [2.45, 2.75) is 38.3 Å². The maximum Gasteiger partial charge on any atom is 0.176 e. The van der Waals surface area contributed by atoms with Crippen LogP contribution in [0.4, 0.5) is 0 Å². The first-order chi connectivity index (χ1) is 9.74. The Hall–Kier alpha value is -1.19. The first kappa shape index (κ1) is 13.8. The Morgan fingerprint density at radius 3 is 2.70 bits per heavy atom. The van der Waals surface area contributed by atoms with Gasteiger partial charge in [0.25, 0.3) is 0 Å². The van der Waals surface area contributed by atoms with E-state index in [0.29, 0.717) is 17.4 Å². The second-order valence-corrected chi connectivity index (χ2v) is 5.84. The Bertz CT molecular complexity index is 591. The molecule has 0 atom stereocenters. The van der Waals surface area contributed by atoms with Crippen LogP contribution in [0.25, 0.3) is 0 Å². The van der Waals surface area contributed by atoms with Crippen LogP contribution in [-0.2, 0) is 6.54 Å². The molecule has 0 aliphatic heterocycles. The standard InChI is InChI=1S/C15H16Cl2N2O/c16-13-8-4-1-5-11(13)10-19-15(17)14(9-18-19)20-12-6-2-3-7-12/h1,4-5,8-9,12H,2-3,6-7,10H2. The summed E-state index contributed by atoms with van der Waals surface area (Å²) >= 11 is 12.5. The highest BCUT2D eigenvalue weighted by atomic mass is 35.5. The number of rotatable bonds is 4. The molecule has 1 aromatic carbocycles. The molecular formula is C15H16Cl2N2O. The van der Waals surface area contributed by atoms with Gasteiger partial charge in [-0.3, -0.25) is 0 Å². The van der Waals surface area contributed by atoms with Gasteiger partial charge in [-0.05, 0) is 37.3 Å². The third-order valence-corrected chi connectivity index (χ3v) is 4.37. The highest BCUT2D eigenvalue weighted by Gasteiger charge is 2.19. The Labute approximate surface area is 128 Å². The summed E-state index contributed by atoms with van der Waals surface area (Å²) in [6.07, 6.45) is 6.65. The van der Waals surface area contributed by atoms with Crippen molar-refractivity contribution >= 4 is 23.2 Å². The predicted molar refractivity (Wildman–Crippen MR) is 80.7 cm³/mol. The molecule has 0 unspecified atom stereocenters. The van der Waals surface area contributed by atoms with E-state index in [1.165, 1.54) is 12.8 Å². The lowest BCUT2D eigenvalue weighted by molar-refractivity contribution is 0.210. The summed E-state index contributed by atoms with van der Waals surface area (Å²) in [7, 11) is 0. The van der Waals surface area contributed by atoms with Crippen LogP contribution in [-0.4, -0.2) is 15.9 Å². The highest BCUT2D eigenvalue weighted by Crippen LogP contribution is 2.30. The van der Waals surface area contributed by atoms with Crippen molar-refractivity contribution in [1.82, 2.24) is 9.78 Å². The SMILES string of the molecule is Clc1ccccc1Cn1ncc(OC2CCCC2)c1Cl. The molecule has 20 heavy (non-hydrogen) atoms. The second kappa shape index (κ2) is 6.06. The van der Waals surface area contributed by atoms with E-state index in [1.807, 2.05) is 24.3 Å². The maximum absolute atomic E-state index is 6.34. The van der Waals surface area contributed by atoms with Crippen molar-refractivity contribution in [2.24, 2.45) is 0 Å². The van der Waals surface area contributed by atoms with Crippen molar-refractivity contribution in [2.75, 3.05) is 0 Å². The maximum atomic E-state index is 6.34. The number of hydrogen-bond donors (Lipinski definition) is 0. The van der Waals surface area contributed by atoms with Gasteiger partial charge in [0, 0.05) is 5.02 Å². The zero-order chi connectivity index (χ0) is 13.9. The Kier molecular flexibility index (Phi) is 4.18. The van der Waals surface area contributed by atoms with Crippen molar-refractivity contribution < 1.29 is 4.74 Å². The van der Waals surface area contributed by atoms with Gasteiger partial charge in [0.1, 0.15) is 0 Å². The van der Waals surface area contributed by atoms with Crippen molar-refractivity contribution in [1.29, 1.82) is 0 Å². The average Bonchev–Trinajstić information content (AvgIpc) is 3.06. The summed E-state index contributed by atoms with van der Waals surface area (Å²) in [5, 5.41) is 5.55. The fraction of sp³-hybridized carbons (Fsp3) is 0.400. The molecule has 1 heterocycles. The minimum Gasteiger partial charge on any atom is -0.486 e. The van der Waals surface area contributed by atoms with Crippen LogP contribution in [0.15, 0.2) is 30.5 Å². The van der Waals surface area contributed by atoms with Crippen molar-refractivity contribution in [3.05, 3.63) is 46.2 Å². The zero-order valence-corrected chi connectivity index (χ0v) is 12.6. The van der Waals surface area contributed by atoms with Gasteiger partial charge in [-0.1, -0.05) is 41.4 Å². The monoisotopic (exact) mass is 310 g/mol. The summed E-state index contributed by atoms with van der Waals surface area (Å²) in [6.45, 7) is 0.548. The minimum absolute atomic E-state index is 0.283. The number of ether oxygens (including phenoxy) is 1. The molecule has 0 N–H and O–H groups in total. The molecule has 3 rings (SSSR count). The Balaban J connectivity index is 1.74. The van der Waals surface area contributed by atoms with Crippen molar-refractivity contribution in [3.8, 4) is 5.75 Å². The van der Waals surface area contributed by atoms with Gasteiger partial charge in [0.15, 0.2) is 10.9 Å². The largest absolute Gasteiger partial charge is 0.486 e. The first-order valence-corrected chi connectivity index (χ1v) is 7.61. The Morgan fingerprint density at radius 2 is 1.95 bits per heavy atom. The van der Waals surface area contributed by atoms with Gasteiger partial charge in [0.2, 0.25) is 0 Å². The summed E-state index contributed by atoms with van der Waals surface area (Å²) in [6, 6.07) is 7.70. The number of hydrogen-bond acceptors (Lipinski definition) is 2. The fourth-order valence-corrected chi connectivity index (χ4v) is 2.91. The number of halogens is 2. The summed E-state index contributed by atoms with van der Waals surface area (Å²) in [4.78, 5) is 0. The van der Waals surface area contributed by atoms with Crippen LogP contribution in [0.5, 0.6) is 5.75 Å². The predicted octanol–water partition coefficient (Wildman–Crippen LogP) is 4.56. The van der Waals surface area contributed by atoms with Crippen LogP contribution in [0.2, 0.25) is 10.2 Å². The second-order valence-electron chi connectivity index (χ2n) is 5.07. The van der Waals surface area contributed by atoms with E-state index in [2.05, 4.69) is 5.10 Å². The first-order valence-electron chi connectivity index (χ1n) is 6.85. The molecule has 0 spiro atoms. The van der Waals surface area contributed by atoms with Gasteiger partial charge in [-0.2, -0.15) is 5.10 Å². The zero-order valence-electron chi connectivity index (χ0n) is 11.1. The van der Waals surface area contributed by atoms with Crippen LogP contribution < -0.4 is 4.74 Å². The van der Waals surface area contributed by atoms with Crippen LogP contribution in [0, 0.1) is 0 Å². The molecule has 1 saturated carbocycles. The van der Waals surface area contributed by atoms with Crippen LogP contribution in [0.3, 0.4) is 0 Å². The topological polar surface area (TPSA) is 27.1 Å². The van der Waals surface area contributed by atoms with E-state index in [1.54, 1.807) is 10.9 Å². The van der Waals surface area contributed by atoms with E-state index in [0.717, 1.165) is 23.4 Å². The third kappa shape index (κ3) is 2.94. The molecular weight excluding hydrogens is 295 g/mol. The molecule has 2 aromatic rings. The third-order valence-electron chi connectivity index (χ3n) is 3.62. The lowest BCUT2D eigenvalue weighted by Crippen LogP contribution is -2.11. The average molecular weight is 311 g/mol. The molecule has 1 aliphatic rings. The number of aromatic nitrogens is 2. The Morgan fingerprint density at radius 1 is 1.20 bits per heavy atom. The molecule has 5 heteroatoms. The van der Waals surface area contributed by atoms with Crippen LogP contribution in [0.1, 0.15) is 31.2 Å². The van der Waals surface area contributed by atoms with Gasteiger partial charge >= 0.3 is 0 Å². The van der Waals surface area contributed by atoms with Crippen molar-refractivity contribution in [3.63, 3.8) is 0 Å². The lowest BCUT2D eigenvalue weighted by atomic mass is 10.2. The minimum atomic E-state index is 0.283. The molecule has 0 bridgehead atoms. The van der Waals surface area contributed by atoms with Crippen LogP contribution >= 0.6 is 23.2 Å². The fourth-order valence-electron chi connectivity index (χ4n) is 2.52. The summed E-state index contributed by atoms with van der Waals surface area (Å²) in [5.41, 5.74) is 0.992. The normalized spacial score (nSPS) is 15.7. The molecule has 0 saturated heterocycles. The smallest absolute Gasteiger partial charge is 0.176 e.